The molecule has 16 heavy (non-hydrogen) atoms. The predicted molar refractivity (Wildman–Crippen MR) is 76.7 cm³/mol. The summed E-state index contributed by atoms with van der Waals surface area (Å²) in [7, 11) is 0. The standard InChI is InChI=1S/C14H12IN/c1-10(2)12-6-5-11(7-8-15)13-4-3-9-16-14(12)13/h3-6,9-10H,1-2H3. The second-order valence-electron chi connectivity index (χ2n) is 3.98. The van der Waals surface area contributed by atoms with Gasteiger partial charge in [0.15, 0.2) is 0 Å². The van der Waals surface area contributed by atoms with Gasteiger partial charge in [0.05, 0.1) is 5.52 Å². The normalized spacial score (nSPS) is 10.2. The summed E-state index contributed by atoms with van der Waals surface area (Å²) in [5, 5.41) is 1.15. The van der Waals surface area contributed by atoms with Crippen molar-refractivity contribution in [3.05, 3.63) is 41.6 Å². The second-order valence-corrected chi connectivity index (χ2v) is 4.52. The fourth-order valence-corrected chi connectivity index (χ4v) is 2.11. The fraction of sp³-hybridized carbons (Fsp3) is 0.214. The average molecular weight is 321 g/mol. The van der Waals surface area contributed by atoms with Crippen LogP contribution < -0.4 is 0 Å². The van der Waals surface area contributed by atoms with Crippen molar-refractivity contribution in [1.29, 1.82) is 0 Å². The lowest BCUT2D eigenvalue weighted by Crippen LogP contribution is -1.93. The number of rotatable bonds is 1. The topological polar surface area (TPSA) is 12.9 Å². The van der Waals surface area contributed by atoms with Crippen molar-refractivity contribution >= 4 is 33.5 Å². The van der Waals surface area contributed by atoms with Crippen LogP contribution in [0.25, 0.3) is 10.9 Å². The van der Waals surface area contributed by atoms with Crippen LogP contribution in [0, 0.1) is 9.85 Å². The van der Waals surface area contributed by atoms with Gasteiger partial charge in [-0.25, -0.2) is 0 Å². The van der Waals surface area contributed by atoms with Crippen LogP contribution in [0.5, 0.6) is 0 Å². The lowest BCUT2D eigenvalue weighted by Gasteiger charge is -2.09. The zero-order valence-corrected chi connectivity index (χ0v) is 11.4. The monoisotopic (exact) mass is 321 g/mol. The van der Waals surface area contributed by atoms with E-state index in [1.807, 2.05) is 12.3 Å². The maximum Gasteiger partial charge on any atom is 0.0749 e. The summed E-state index contributed by atoms with van der Waals surface area (Å²) in [5.74, 6) is 3.60. The summed E-state index contributed by atoms with van der Waals surface area (Å²) in [6, 6.07) is 8.27. The second kappa shape index (κ2) is 4.84. The summed E-state index contributed by atoms with van der Waals surface area (Å²) >= 11 is 2.06. The number of aromatic nitrogens is 1. The van der Waals surface area contributed by atoms with Gasteiger partial charge in [-0.3, -0.25) is 4.98 Å². The number of pyridine rings is 1. The summed E-state index contributed by atoms with van der Waals surface area (Å²) in [5.41, 5.74) is 3.42. The molecule has 0 aliphatic heterocycles. The third-order valence-electron chi connectivity index (χ3n) is 2.60. The van der Waals surface area contributed by atoms with E-state index >= 15 is 0 Å². The smallest absolute Gasteiger partial charge is 0.0749 e. The van der Waals surface area contributed by atoms with E-state index in [9.17, 15) is 0 Å². The summed E-state index contributed by atoms with van der Waals surface area (Å²) in [6.45, 7) is 4.38. The molecule has 0 atom stereocenters. The van der Waals surface area contributed by atoms with Crippen molar-refractivity contribution in [2.45, 2.75) is 19.8 Å². The molecule has 2 aromatic rings. The molecule has 1 nitrogen and oxygen atoms in total. The fourth-order valence-electron chi connectivity index (χ4n) is 1.82. The van der Waals surface area contributed by atoms with Gasteiger partial charge >= 0.3 is 0 Å². The third kappa shape index (κ3) is 2.05. The Bertz CT molecular complexity index is 576. The Balaban J connectivity index is 2.80. The van der Waals surface area contributed by atoms with Crippen LogP contribution in [0.2, 0.25) is 0 Å². The van der Waals surface area contributed by atoms with E-state index in [2.05, 4.69) is 69.5 Å². The molecule has 2 rings (SSSR count). The molecule has 0 spiro atoms. The van der Waals surface area contributed by atoms with Crippen LogP contribution in [0.15, 0.2) is 30.5 Å². The molecule has 0 aliphatic rings. The quantitative estimate of drug-likeness (QED) is 0.569. The van der Waals surface area contributed by atoms with Crippen LogP contribution >= 0.6 is 22.6 Å². The van der Waals surface area contributed by atoms with E-state index in [4.69, 9.17) is 0 Å². The SMILES string of the molecule is CC(C)c1ccc(C#CI)c2cccnc12. The van der Waals surface area contributed by atoms with Gasteiger partial charge in [-0.2, -0.15) is 0 Å². The number of fused-ring (bicyclic) bond motifs is 1. The Kier molecular flexibility index (Phi) is 3.45. The highest BCUT2D eigenvalue weighted by molar-refractivity contribution is 14.1. The van der Waals surface area contributed by atoms with Crippen molar-refractivity contribution < 1.29 is 0 Å². The molecule has 0 saturated carbocycles. The van der Waals surface area contributed by atoms with Crippen LogP contribution in [-0.4, -0.2) is 4.98 Å². The molecule has 0 radical (unpaired) electrons. The maximum absolute atomic E-state index is 4.48. The maximum atomic E-state index is 4.48. The van der Waals surface area contributed by atoms with Crippen LogP contribution in [-0.2, 0) is 0 Å². The number of halogens is 1. The van der Waals surface area contributed by atoms with Crippen LogP contribution in [0.3, 0.4) is 0 Å². The van der Waals surface area contributed by atoms with Crippen molar-refractivity contribution in [3.63, 3.8) is 0 Å². The van der Waals surface area contributed by atoms with Crippen molar-refractivity contribution in [1.82, 2.24) is 4.98 Å². The molecular formula is C14H12IN. The highest BCUT2D eigenvalue weighted by atomic mass is 127. The summed E-state index contributed by atoms with van der Waals surface area (Å²) in [6.07, 6.45) is 1.84. The first kappa shape index (κ1) is 11.4. The Labute approximate surface area is 109 Å². The molecule has 1 aromatic heterocycles. The number of hydrogen-bond acceptors (Lipinski definition) is 1. The molecular weight excluding hydrogens is 309 g/mol. The molecule has 1 heterocycles. The minimum atomic E-state index is 0.485. The average Bonchev–Trinajstić information content (AvgIpc) is 2.29. The zero-order chi connectivity index (χ0) is 11.5. The molecule has 80 valence electrons. The molecule has 2 heteroatoms. The zero-order valence-electron chi connectivity index (χ0n) is 9.29. The van der Waals surface area contributed by atoms with Crippen molar-refractivity contribution in [3.8, 4) is 9.85 Å². The molecule has 0 unspecified atom stereocenters. The summed E-state index contributed by atoms with van der Waals surface area (Å²) in [4.78, 5) is 4.48. The first-order valence-electron chi connectivity index (χ1n) is 5.23. The van der Waals surface area contributed by atoms with Crippen LogP contribution in [0.4, 0.5) is 0 Å². The van der Waals surface area contributed by atoms with Crippen LogP contribution in [0.1, 0.15) is 30.9 Å². The number of benzene rings is 1. The predicted octanol–water partition coefficient (Wildman–Crippen LogP) is 4.10. The van der Waals surface area contributed by atoms with E-state index in [0.717, 1.165) is 16.5 Å². The van der Waals surface area contributed by atoms with Gasteiger partial charge < -0.3 is 0 Å². The van der Waals surface area contributed by atoms with Gasteiger partial charge in [-0.1, -0.05) is 31.9 Å². The molecule has 0 fully saturated rings. The summed E-state index contributed by atoms with van der Waals surface area (Å²) < 4.78 is 2.92. The Morgan fingerprint density at radius 2 is 2.06 bits per heavy atom. The molecule has 1 aromatic carbocycles. The van der Waals surface area contributed by atoms with Gasteiger partial charge in [0.1, 0.15) is 0 Å². The minimum Gasteiger partial charge on any atom is -0.256 e. The van der Waals surface area contributed by atoms with Gasteiger partial charge in [0.25, 0.3) is 0 Å². The van der Waals surface area contributed by atoms with E-state index < -0.39 is 0 Å². The van der Waals surface area contributed by atoms with Gasteiger partial charge in [-0.15, -0.1) is 0 Å². The molecule has 0 bridgehead atoms. The third-order valence-corrected chi connectivity index (χ3v) is 2.87. The van der Waals surface area contributed by atoms with E-state index in [1.54, 1.807) is 0 Å². The lowest BCUT2D eigenvalue weighted by molar-refractivity contribution is 0.872. The first-order chi connectivity index (χ1) is 7.74. The molecule has 0 saturated heterocycles. The number of hydrogen-bond donors (Lipinski definition) is 0. The molecule has 0 amide bonds. The number of nitrogens with zero attached hydrogens (tertiary/aromatic N) is 1. The van der Waals surface area contributed by atoms with E-state index in [0.29, 0.717) is 5.92 Å². The Morgan fingerprint density at radius 1 is 1.25 bits per heavy atom. The highest BCUT2D eigenvalue weighted by Crippen LogP contribution is 2.25. The Morgan fingerprint density at radius 3 is 2.75 bits per heavy atom. The molecule has 0 N–H and O–H groups in total. The van der Waals surface area contributed by atoms with E-state index in [1.165, 1.54) is 5.56 Å². The largest absolute Gasteiger partial charge is 0.256 e. The lowest BCUT2D eigenvalue weighted by atomic mass is 9.97. The van der Waals surface area contributed by atoms with Gasteiger partial charge in [-0.05, 0) is 27.5 Å². The van der Waals surface area contributed by atoms with E-state index in [-0.39, 0.29) is 0 Å². The van der Waals surface area contributed by atoms with Gasteiger partial charge in [0.2, 0.25) is 0 Å². The molecule has 0 aliphatic carbocycles. The highest BCUT2D eigenvalue weighted by Gasteiger charge is 2.08. The minimum absolute atomic E-state index is 0.485. The first-order valence-corrected chi connectivity index (χ1v) is 6.31. The van der Waals surface area contributed by atoms with Crippen molar-refractivity contribution in [2.75, 3.05) is 0 Å². The van der Waals surface area contributed by atoms with Crippen molar-refractivity contribution in [2.24, 2.45) is 0 Å². The Hall–Kier alpha value is -1.08. The van der Waals surface area contributed by atoms with Gasteiger partial charge in [0, 0.05) is 39.7 Å².